The van der Waals surface area contributed by atoms with Crippen LogP contribution in [0, 0.1) is 6.92 Å². The van der Waals surface area contributed by atoms with Gasteiger partial charge in [0.15, 0.2) is 0 Å². The van der Waals surface area contributed by atoms with E-state index in [2.05, 4.69) is 10.3 Å². The van der Waals surface area contributed by atoms with E-state index < -0.39 is 5.97 Å². The van der Waals surface area contributed by atoms with Gasteiger partial charge in [-0.15, -0.1) is 11.3 Å². The van der Waals surface area contributed by atoms with E-state index in [-0.39, 0.29) is 5.91 Å². The van der Waals surface area contributed by atoms with Crippen molar-refractivity contribution in [1.82, 2.24) is 4.98 Å². The Balaban J connectivity index is 1.81. The predicted octanol–water partition coefficient (Wildman–Crippen LogP) is 4.30. The molecule has 0 saturated carbocycles. The molecular formula is C20H18N2O4S. The number of nitrogens with one attached hydrogen (secondary N) is 1. The number of hydrogen-bond acceptors (Lipinski definition) is 6. The second-order valence-corrected chi connectivity index (χ2v) is 6.74. The predicted molar refractivity (Wildman–Crippen MR) is 105 cm³/mol. The number of esters is 1. The molecule has 0 spiro atoms. The van der Waals surface area contributed by atoms with Gasteiger partial charge >= 0.3 is 5.97 Å². The molecule has 0 unspecified atom stereocenters. The number of nitrogens with zero attached hydrogens (tertiary/aromatic N) is 1. The Bertz CT molecular complexity index is 997. The molecule has 1 N–H and O–H groups in total. The average molecular weight is 382 g/mol. The molecule has 7 heteroatoms. The summed E-state index contributed by atoms with van der Waals surface area (Å²) in [4.78, 5) is 28.8. The molecule has 1 heterocycles. The van der Waals surface area contributed by atoms with Gasteiger partial charge in [-0.05, 0) is 31.2 Å². The van der Waals surface area contributed by atoms with Crippen molar-refractivity contribution in [3.63, 3.8) is 0 Å². The summed E-state index contributed by atoms with van der Waals surface area (Å²) in [5, 5.41) is 3.56. The third-order valence-corrected chi connectivity index (χ3v) is 4.88. The zero-order valence-electron chi connectivity index (χ0n) is 15.1. The van der Waals surface area contributed by atoms with Gasteiger partial charge in [0.1, 0.15) is 21.4 Å². The summed E-state index contributed by atoms with van der Waals surface area (Å²) in [7, 11) is 1.61. The number of rotatable bonds is 5. The first-order chi connectivity index (χ1) is 13.0. The maximum Gasteiger partial charge on any atom is 0.308 e. The number of aromatic nitrogens is 1. The number of aryl methyl sites for hydroxylation is 1. The van der Waals surface area contributed by atoms with Crippen LogP contribution in [0.4, 0.5) is 5.69 Å². The molecule has 0 aliphatic carbocycles. The van der Waals surface area contributed by atoms with Crippen LogP contribution >= 0.6 is 11.3 Å². The van der Waals surface area contributed by atoms with E-state index in [1.165, 1.54) is 18.3 Å². The molecule has 2 aromatic carbocycles. The smallest absolute Gasteiger partial charge is 0.308 e. The summed E-state index contributed by atoms with van der Waals surface area (Å²) in [6.07, 6.45) is 0. The largest absolute Gasteiger partial charge is 0.497 e. The lowest BCUT2D eigenvalue weighted by Crippen LogP contribution is -2.11. The lowest BCUT2D eigenvalue weighted by atomic mass is 10.2. The Hall–Kier alpha value is -3.19. The highest BCUT2D eigenvalue weighted by atomic mass is 32.1. The topological polar surface area (TPSA) is 77.5 Å². The minimum atomic E-state index is -0.417. The van der Waals surface area contributed by atoms with E-state index >= 15 is 0 Å². The highest BCUT2D eigenvalue weighted by molar-refractivity contribution is 7.17. The average Bonchev–Trinajstić information content (AvgIpc) is 3.03. The van der Waals surface area contributed by atoms with Crippen LogP contribution < -0.4 is 14.8 Å². The summed E-state index contributed by atoms with van der Waals surface area (Å²) in [6.45, 7) is 3.12. The van der Waals surface area contributed by atoms with E-state index in [1.807, 2.05) is 24.3 Å². The van der Waals surface area contributed by atoms with Crippen LogP contribution in [0.1, 0.15) is 22.3 Å². The number of benzene rings is 2. The van der Waals surface area contributed by atoms with Gasteiger partial charge in [0.25, 0.3) is 5.91 Å². The van der Waals surface area contributed by atoms with Crippen LogP contribution in [0.15, 0.2) is 48.5 Å². The van der Waals surface area contributed by atoms with Crippen LogP contribution in [0.5, 0.6) is 11.5 Å². The number of ether oxygens (including phenoxy) is 2. The first-order valence-corrected chi connectivity index (χ1v) is 8.99. The number of thiazole rings is 1. The lowest BCUT2D eigenvalue weighted by Gasteiger charge is -2.06. The van der Waals surface area contributed by atoms with Crippen molar-refractivity contribution in [2.45, 2.75) is 13.8 Å². The van der Waals surface area contributed by atoms with Crippen LogP contribution in [0.3, 0.4) is 0 Å². The van der Waals surface area contributed by atoms with E-state index in [4.69, 9.17) is 9.47 Å². The van der Waals surface area contributed by atoms with Gasteiger partial charge in [-0.2, -0.15) is 0 Å². The number of hydrogen-bond donors (Lipinski definition) is 1. The standard InChI is InChI=1S/C20H18N2O4S/c1-12-18(27-20(21-12)14-6-4-8-16(10-14)25-3)19(24)22-15-7-5-9-17(11-15)26-13(2)23/h4-11H,1-3H3,(H,22,24). The fourth-order valence-electron chi connectivity index (χ4n) is 2.48. The third kappa shape index (κ3) is 4.51. The van der Waals surface area contributed by atoms with Crippen LogP contribution in [-0.2, 0) is 4.79 Å². The van der Waals surface area contributed by atoms with Gasteiger partial charge in [-0.1, -0.05) is 18.2 Å². The Morgan fingerprint density at radius 2 is 1.81 bits per heavy atom. The minimum Gasteiger partial charge on any atom is -0.497 e. The van der Waals surface area contributed by atoms with Crippen LogP contribution in [0.25, 0.3) is 10.6 Å². The minimum absolute atomic E-state index is 0.265. The van der Waals surface area contributed by atoms with Crippen molar-refractivity contribution < 1.29 is 19.1 Å². The molecule has 0 fully saturated rings. The SMILES string of the molecule is COc1cccc(-c2nc(C)c(C(=O)Nc3cccc(OC(C)=O)c3)s2)c1. The van der Waals surface area contributed by atoms with Crippen LogP contribution in [-0.4, -0.2) is 24.0 Å². The molecule has 0 saturated heterocycles. The molecule has 0 aliphatic heterocycles. The molecule has 0 bridgehead atoms. The van der Waals surface area contributed by atoms with Crippen molar-refractivity contribution in [2.75, 3.05) is 12.4 Å². The van der Waals surface area contributed by atoms with Gasteiger partial charge in [0, 0.05) is 24.2 Å². The molecule has 6 nitrogen and oxygen atoms in total. The van der Waals surface area contributed by atoms with Crippen molar-refractivity contribution in [1.29, 1.82) is 0 Å². The summed E-state index contributed by atoms with van der Waals surface area (Å²) in [5.74, 6) is 0.422. The lowest BCUT2D eigenvalue weighted by molar-refractivity contribution is -0.131. The van der Waals surface area contributed by atoms with E-state index in [0.29, 0.717) is 22.0 Å². The van der Waals surface area contributed by atoms with E-state index in [9.17, 15) is 9.59 Å². The number of methoxy groups -OCH3 is 1. The molecule has 138 valence electrons. The normalized spacial score (nSPS) is 10.3. The quantitative estimate of drug-likeness (QED) is 0.526. The van der Waals surface area contributed by atoms with Gasteiger partial charge < -0.3 is 14.8 Å². The Labute approximate surface area is 160 Å². The van der Waals surface area contributed by atoms with E-state index in [1.54, 1.807) is 38.3 Å². The fourth-order valence-corrected chi connectivity index (χ4v) is 3.44. The summed E-state index contributed by atoms with van der Waals surface area (Å²) >= 11 is 1.31. The molecular weight excluding hydrogens is 364 g/mol. The van der Waals surface area contributed by atoms with Crippen LogP contribution in [0.2, 0.25) is 0 Å². The summed E-state index contributed by atoms with van der Waals surface area (Å²) in [6, 6.07) is 14.2. The molecule has 3 rings (SSSR count). The Morgan fingerprint density at radius 1 is 1.07 bits per heavy atom. The second-order valence-electron chi connectivity index (χ2n) is 5.74. The zero-order chi connectivity index (χ0) is 19.4. The molecule has 0 radical (unpaired) electrons. The maximum atomic E-state index is 12.7. The molecule has 27 heavy (non-hydrogen) atoms. The number of anilines is 1. The van der Waals surface area contributed by atoms with Crippen molar-refractivity contribution >= 4 is 28.9 Å². The molecule has 0 aliphatic rings. The Morgan fingerprint density at radius 3 is 2.56 bits per heavy atom. The van der Waals surface area contributed by atoms with Gasteiger partial charge in [-0.25, -0.2) is 4.98 Å². The Kier molecular flexibility index (Phi) is 5.52. The number of amides is 1. The highest BCUT2D eigenvalue weighted by Crippen LogP contribution is 2.30. The maximum absolute atomic E-state index is 12.7. The third-order valence-electron chi connectivity index (χ3n) is 3.67. The zero-order valence-corrected chi connectivity index (χ0v) is 15.9. The van der Waals surface area contributed by atoms with Crippen molar-refractivity contribution in [3.05, 3.63) is 59.1 Å². The first-order valence-electron chi connectivity index (χ1n) is 8.18. The number of carbonyl (C=O) groups is 2. The summed E-state index contributed by atoms with van der Waals surface area (Å²) < 4.78 is 10.3. The van der Waals surface area contributed by atoms with Crippen molar-refractivity contribution in [3.8, 4) is 22.1 Å². The molecule has 0 atom stereocenters. The fraction of sp³-hybridized carbons (Fsp3) is 0.150. The van der Waals surface area contributed by atoms with Gasteiger partial charge in [0.2, 0.25) is 0 Å². The number of carbonyl (C=O) groups excluding carboxylic acids is 2. The monoisotopic (exact) mass is 382 g/mol. The highest BCUT2D eigenvalue weighted by Gasteiger charge is 2.17. The van der Waals surface area contributed by atoms with E-state index in [0.717, 1.165) is 16.3 Å². The first kappa shape index (κ1) is 18.6. The molecule has 1 aromatic heterocycles. The van der Waals surface area contributed by atoms with Crippen molar-refractivity contribution in [2.24, 2.45) is 0 Å². The van der Waals surface area contributed by atoms with Gasteiger partial charge in [0.05, 0.1) is 12.8 Å². The summed E-state index contributed by atoms with van der Waals surface area (Å²) in [5.41, 5.74) is 2.07. The second kappa shape index (κ2) is 8.01. The molecule has 1 amide bonds. The van der Waals surface area contributed by atoms with Gasteiger partial charge in [-0.3, -0.25) is 9.59 Å². The molecule has 3 aromatic rings.